The van der Waals surface area contributed by atoms with E-state index in [1.165, 1.54) is 24.4 Å². The van der Waals surface area contributed by atoms with Crippen LogP contribution < -0.4 is 0 Å². The second-order valence-electron chi connectivity index (χ2n) is 4.67. The van der Waals surface area contributed by atoms with Crippen molar-refractivity contribution in [3.8, 4) is 5.69 Å². The first-order chi connectivity index (χ1) is 9.86. The molecule has 0 spiro atoms. The highest BCUT2D eigenvalue weighted by atomic mass is 35.7. The first-order valence-corrected chi connectivity index (χ1v) is 8.36. The second kappa shape index (κ2) is 4.82. The first kappa shape index (κ1) is 14.0. The lowest BCUT2D eigenvalue weighted by molar-refractivity contribution is 0.610. The van der Waals surface area contributed by atoms with Gasteiger partial charge in [0.2, 0.25) is 0 Å². The van der Waals surface area contributed by atoms with E-state index in [0.29, 0.717) is 16.6 Å². The minimum atomic E-state index is -3.87. The zero-order chi connectivity index (χ0) is 15.2. The molecule has 0 bridgehead atoms. The van der Waals surface area contributed by atoms with Crippen LogP contribution in [0.5, 0.6) is 0 Å². The van der Waals surface area contributed by atoms with E-state index in [2.05, 4.69) is 5.10 Å². The van der Waals surface area contributed by atoms with E-state index in [0.717, 1.165) is 5.56 Å². The number of benzene rings is 2. The van der Waals surface area contributed by atoms with Gasteiger partial charge >= 0.3 is 0 Å². The summed E-state index contributed by atoms with van der Waals surface area (Å²) in [5, 5.41) is 4.61. The molecule has 0 atom stereocenters. The van der Waals surface area contributed by atoms with Gasteiger partial charge < -0.3 is 0 Å². The maximum Gasteiger partial charge on any atom is 0.262 e. The van der Waals surface area contributed by atoms with Gasteiger partial charge in [-0.15, -0.1) is 0 Å². The van der Waals surface area contributed by atoms with Gasteiger partial charge in [-0.1, -0.05) is 0 Å². The summed E-state index contributed by atoms with van der Waals surface area (Å²) < 4.78 is 37.9. The SMILES string of the molecule is Cc1cc(S(=O)(=O)Cl)c2cnn(-c3ccc(F)cc3)c2c1. The van der Waals surface area contributed by atoms with Crippen molar-refractivity contribution in [3.05, 3.63) is 54.0 Å². The third-order valence-corrected chi connectivity index (χ3v) is 4.49. The van der Waals surface area contributed by atoms with E-state index in [1.807, 2.05) is 0 Å². The van der Waals surface area contributed by atoms with E-state index in [1.54, 1.807) is 29.8 Å². The molecule has 0 N–H and O–H groups in total. The summed E-state index contributed by atoms with van der Waals surface area (Å²) in [7, 11) is 1.60. The highest BCUT2D eigenvalue weighted by Crippen LogP contribution is 2.28. The normalized spacial score (nSPS) is 12.0. The molecular formula is C14H10ClFN2O2S. The molecule has 0 unspecified atom stereocenters. The van der Waals surface area contributed by atoms with Crippen molar-refractivity contribution >= 4 is 30.6 Å². The Kier molecular flexibility index (Phi) is 3.22. The molecule has 4 nitrogen and oxygen atoms in total. The molecule has 1 aromatic heterocycles. The molecule has 2 aromatic carbocycles. The van der Waals surface area contributed by atoms with E-state index in [9.17, 15) is 12.8 Å². The fourth-order valence-corrected chi connectivity index (χ4v) is 3.35. The van der Waals surface area contributed by atoms with Gasteiger partial charge in [0.05, 0.1) is 22.3 Å². The van der Waals surface area contributed by atoms with Crippen molar-refractivity contribution in [1.82, 2.24) is 9.78 Å². The lowest BCUT2D eigenvalue weighted by Crippen LogP contribution is -1.97. The molecular weight excluding hydrogens is 315 g/mol. The van der Waals surface area contributed by atoms with Crippen molar-refractivity contribution in [1.29, 1.82) is 0 Å². The van der Waals surface area contributed by atoms with Crippen molar-refractivity contribution in [2.75, 3.05) is 0 Å². The Morgan fingerprint density at radius 2 is 1.86 bits per heavy atom. The smallest absolute Gasteiger partial charge is 0.233 e. The summed E-state index contributed by atoms with van der Waals surface area (Å²) in [4.78, 5) is 0.0209. The minimum Gasteiger partial charge on any atom is -0.233 e. The fourth-order valence-electron chi connectivity index (χ4n) is 2.22. The van der Waals surface area contributed by atoms with Crippen molar-refractivity contribution in [3.63, 3.8) is 0 Å². The average molecular weight is 325 g/mol. The average Bonchev–Trinajstić information content (AvgIpc) is 2.81. The number of aryl methyl sites for hydroxylation is 1. The number of halogens is 2. The molecule has 21 heavy (non-hydrogen) atoms. The lowest BCUT2D eigenvalue weighted by Gasteiger charge is -2.06. The minimum absolute atomic E-state index is 0.0209. The topological polar surface area (TPSA) is 52.0 Å². The number of aromatic nitrogens is 2. The standard InChI is InChI=1S/C14H10ClFN2O2S/c1-9-6-13-12(14(7-9)21(15,19)20)8-17-18(13)11-4-2-10(16)3-5-11/h2-8H,1H3. The van der Waals surface area contributed by atoms with Gasteiger partial charge in [0, 0.05) is 16.1 Å². The summed E-state index contributed by atoms with van der Waals surface area (Å²) in [6, 6.07) is 9.08. The summed E-state index contributed by atoms with van der Waals surface area (Å²) >= 11 is 0. The number of fused-ring (bicyclic) bond motifs is 1. The van der Waals surface area contributed by atoms with Crippen molar-refractivity contribution in [2.45, 2.75) is 11.8 Å². The van der Waals surface area contributed by atoms with Crippen LogP contribution in [-0.2, 0) is 9.05 Å². The van der Waals surface area contributed by atoms with Gasteiger partial charge in [-0.2, -0.15) is 5.10 Å². The van der Waals surface area contributed by atoms with Crippen LogP contribution >= 0.6 is 10.7 Å². The molecule has 0 aliphatic carbocycles. The van der Waals surface area contributed by atoms with Crippen LogP contribution in [-0.4, -0.2) is 18.2 Å². The molecule has 0 amide bonds. The van der Waals surface area contributed by atoms with Crippen LogP contribution in [0, 0.1) is 12.7 Å². The highest BCUT2D eigenvalue weighted by Gasteiger charge is 2.18. The Morgan fingerprint density at radius 3 is 2.48 bits per heavy atom. The quantitative estimate of drug-likeness (QED) is 0.679. The summed E-state index contributed by atoms with van der Waals surface area (Å²) in [6.45, 7) is 1.77. The third-order valence-electron chi connectivity index (χ3n) is 3.13. The number of hydrogen-bond acceptors (Lipinski definition) is 3. The Morgan fingerprint density at radius 1 is 1.19 bits per heavy atom. The largest absolute Gasteiger partial charge is 0.262 e. The Balaban J connectivity index is 2.33. The van der Waals surface area contributed by atoms with Gasteiger partial charge in [0.1, 0.15) is 5.82 Å². The second-order valence-corrected chi connectivity index (χ2v) is 7.20. The maximum atomic E-state index is 13.0. The molecule has 7 heteroatoms. The Hall–Kier alpha value is -1.92. The van der Waals surface area contributed by atoms with Crippen LogP contribution in [0.15, 0.2) is 47.5 Å². The van der Waals surface area contributed by atoms with Gasteiger partial charge in [-0.25, -0.2) is 17.5 Å². The molecule has 0 aliphatic heterocycles. The molecule has 0 saturated carbocycles. The summed E-state index contributed by atoms with van der Waals surface area (Å²) in [5.41, 5.74) is 1.97. The van der Waals surface area contributed by atoms with Crippen LogP contribution in [0.2, 0.25) is 0 Å². The van der Waals surface area contributed by atoms with E-state index in [4.69, 9.17) is 10.7 Å². The van der Waals surface area contributed by atoms with Crippen molar-refractivity contribution in [2.24, 2.45) is 0 Å². The lowest BCUT2D eigenvalue weighted by atomic mass is 10.2. The number of hydrogen-bond donors (Lipinski definition) is 0. The van der Waals surface area contributed by atoms with E-state index in [-0.39, 0.29) is 10.7 Å². The molecule has 0 aliphatic rings. The monoisotopic (exact) mass is 324 g/mol. The Bertz CT molecular complexity index is 934. The first-order valence-electron chi connectivity index (χ1n) is 6.05. The number of rotatable bonds is 2. The van der Waals surface area contributed by atoms with Gasteiger partial charge in [0.15, 0.2) is 0 Å². The van der Waals surface area contributed by atoms with Crippen LogP contribution in [0.25, 0.3) is 16.6 Å². The van der Waals surface area contributed by atoms with E-state index < -0.39 is 9.05 Å². The van der Waals surface area contributed by atoms with Crippen LogP contribution in [0.4, 0.5) is 4.39 Å². The van der Waals surface area contributed by atoms with Crippen LogP contribution in [0.1, 0.15) is 5.56 Å². The highest BCUT2D eigenvalue weighted by molar-refractivity contribution is 8.14. The van der Waals surface area contributed by atoms with Crippen LogP contribution in [0.3, 0.4) is 0 Å². The number of nitrogens with zero attached hydrogens (tertiary/aromatic N) is 2. The maximum absolute atomic E-state index is 13.0. The predicted molar refractivity (Wildman–Crippen MR) is 78.8 cm³/mol. The van der Waals surface area contributed by atoms with Gasteiger partial charge in [-0.05, 0) is 48.9 Å². The molecule has 3 aromatic rings. The zero-order valence-corrected chi connectivity index (χ0v) is 12.5. The molecule has 3 rings (SSSR count). The summed E-state index contributed by atoms with van der Waals surface area (Å²) in [6.07, 6.45) is 1.44. The molecule has 0 saturated heterocycles. The molecule has 1 heterocycles. The fraction of sp³-hybridized carbons (Fsp3) is 0.0714. The van der Waals surface area contributed by atoms with E-state index >= 15 is 0 Å². The molecule has 108 valence electrons. The van der Waals surface area contributed by atoms with Gasteiger partial charge in [0.25, 0.3) is 9.05 Å². The predicted octanol–water partition coefficient (Wildman–Crippen LogP) is 3.40. The summed E-state index contributed by atoms with van der Waals surface area (Å²) in [5.74, 6) is -0.351. The third kappa shape index (κ3) is 2.52. The molecule has 0 radical (unpaired) electrons. The molecule has 0 fully saturated rings. The van der Waals surface area contributed by atoms with Crippen molar-refractivity contribution < 1.29 is 12.8 Å². The van der Waals surface area contributed by atoms with Gasteiger partial charge in [-0.3, -0.25) is 0 Å². The zero-order valence-electron chi connectivity index (χ0n) is 10.9. The Labute approximate surface area is 125 Å².